The van der Waals surface area contributed by atoms with Crippen LogP contribution in [-0.2, 0) is 4.79 Å². The number of amides is 1. The molecule has 0 aromatic heterocycles. The van der Waals surface area contributed by atoms with Gasteiger partial charge < -0.3 is 9.80 Å². The number of hydrogen-bond donors (Lipinski definition) is 0. The largest absolute Gasteiger partial charge is 0.348 e. The van der Waals surface area contributed by atoms with Crippen LogP contribution >= 0.6 is 0 Å². The highest BCUT2D eigenvalue weighted by Gasteiger charge is 2.50. The molecule has 0 unspecified atom stereocenters. The van der Waals surface area contributed by atoms with E-state index in [0.29, 0.717) is 0 Å². The molecular weight excluding hydrogens is 152 g/mol. The van der Waals surface area contributed by atoms with Gasteiger partial charge in [-0.1, -0.05) is 0 Å². The first-order valence-corrected chi connectivity index (χ1v) is 4.34. The van der Waals surface area contributed by atoms with Gasteiger partial charge >= 0.3 is 0 Å². The summed E-state index contributed by atoms with van der Waals surface area (Å²) < 4.78 is 0. The molecule has 0 radical (unpaired) electrons. The van der Waals surface area contributed by atoms with Crippen molar-refractivity contribution in [3.63, 3.8) is 0 Å². The topological polar surface area (TPSA) is 23.6 Å². The van der Waals surface area contributed by atoms with Crippen molar-refractivity contribution in [1.82, 2.24) is 9.80 Å². The molecule has 0 saturated heterocycles. The molecule has 0 atom stereocenters. The van der Waals surface area contributed by atoms with Crippen LogP contribution in [0.2, 0.25) is 0 Å². The molecule has 0 aliphatic heterocycles. The summed E-state index contributed by atoms with van der Waals surface area (Å²) in [7, 11) is 7.70. The normalized spacial score (nSPS) is 19.4. The molecule has 3 heteroatoms. The highest BCUT2D eigenvalue weighted by molar-refractivity contribution is 5.85. The molecule has 3 nitrogen and oxygen atoms in total. The Balaban J connectivity index is 2.54. The standard InChI is InChI=1S/C9H18N2O/c1-10(2)7-9(5-6-9)8(12)11(3)4/h5-7H2,1-4H3. The molecule has 12 heavy (non-hydrogen) atoms. The predicted molar refractivity (Wildman–Crippen MR) is 48.9 cm³/mol. The van der Waals surface area contributed by atoms with Crippen molar-refractivity contribution < 1.29 is 4.79 Å². The van der Waals surface area contributed by atoms with Gasteiger partial charge in [-0.15, -0.1) is 0 Å². The van der Waals surface area contributed by atoms with Gasteiger partial charge in [-0.05, 0) is 26.9 Å². The van der Waals surface area contributed by atoms with E-state index in [4.69, 9.17) is 0 Å². The van der Waals surface area contributed by atoms with Gasteiger partial charge in [-0.25, -0.2) is 0 Å². The Hall–Kier alpha value is -0.570. The van der Waals surface area contributed by atoms with E-state index >= 15 is 0 Å². The van der Waals surface area contributed by atoms with Crippen molar-refractivity contribution in [3.8, 4) is 0 Å². The first-order valence-electron chi connectivity index (χ1n) is 4.34. The van der Waals surface area contributed by atoms with Crippen molar-refractivity contribution in [2.24, 2.45) is 5.41 Å². The van der Waals surface area contributed by atoms with Crippen molar-refractivity contribution in [3.05, 3.63) is 0 Å². The first kappa shape index (κ1) is 9.52. The minimum atomic E-state index is -0.0347. The zero-order chi connectivity index (χ0) is 9.35. The van der Waals surface area contributed by atoms with Crippen LogP contribution in [0, 0.1) is 5.41 Å². The predicted octanol–water partition coefficient (Wildman–Crippen LogP) is 0.416. The van der Waals surface area contributed by atoms with E-state index in [0.717, 1.165) is 19.4 Å². The van der Waals surface area contributed by atoms with Gasteiger partial charge in [0, 0.05) is 20.6 Å². The van der Waals surface area contributed by atoms with Crippen LogP contribution in [-0.4, -0.2) is 50.4 Å². The van der Waals surface area contributed by atoms with E-state index in [1.54, 1.807) is 4.90 Å². The lowest BCUT2D eigenvalue weighted by Crippen LogP contribution is -2.37. The van der Waals surface area contributed by atoms with E-state index in [-0.39, 0.29) is 11.3 Å². The second kappa shape index (κ2) is 3.05. The molecule has 0 bridgehead atoms. The van der Waals surface area contributed by atoms with Gasteiger partial charge in [0.2, 0.25) is 5.91 Å². The molecule has 0 N–H and O–H groups in total. The zero-order valence-electron chi connectivity index (χ0n) is 8.42. The molecule has 1 amide bonds. The van der Waals surface area contributed by atoms with Crippen molar-refractivity contribution in [2.45, 2.75) is 12.8 Å². The van der Waals surface area contributed by atoms with E-state index < -0.39 is 0 Å². The van der Waals surface area contributed by atoms with Crippen LogP contribution in [0.15, 0.2) is 0 Å². The van der Waals surface area contributed by atoms with Crippen LogP contribution < -0.4 is 0 Å². The van der Waals surface area contributed by atoms with Crippen LogP contribution in [0.3, 0.4) is 0 Å². The molecule has 1 rings (SSSR count). The Morgan fingerprint density at radius 1 is 1.25 bits per heavy atom. The lowest BCUT2D eigenvalue weighted by molar-refractivity contribution is -0.134. The molecule has 0 aromatic rings. The summed E-state index contributed by atoms with van der Waals surface area (Å²) in [6, 6.07) is 0. The summed E-state index contributed by atoms with van der Waals surface area (Å²) in [5.74, 6) is 0.288. The minimum absolute atomic E-state index is 0.0347. The monoisotopic (exact) mass is 170 g/mol. The molecule has 0 aromatic carbocycles. The number of hydrogen-bond acceptors (Lipinski definition) is 2. The maximum absolute atomic E-state index is 11.7. The number of carbonyl (C=O) groups is 1. The average molecular weight is 170 g/mol. The fraction of sp³-hybridized carbons (Fsp3) is 0.889. The quantitative estimate of drug-likeness (QED) is 0.612. The van der Waals surface area contributed by atoms with Gasteiger partial charge in [0.25, 0.3) is 0 Å². The summed E-state index contributed by atoms with van der Waals surface area (Å²) in [6.45, 7) is 0.893. The number of nitrogens with zero attached hydrogens (tertiary/aromatic N) is 2. The molecule has 0 heterocycles. The van der Waals surface area contributed by atoms with Gasteiger partial charge in [0.05, 0.1) is 5.41 Å². The van der Waals surface area contributed by atoms with Crippen LogP contribution in [0.4, 0.5) is 0 Å². The number of carbonyl (C=O) groups excluding carboxylic acids is 1. The summed E-state index contributed by atoms with van der Waals surface area (Å²) in [4.78, 5) is 15.5. The Bertz CT molecular complexity index is 183. The van der Waals surface area contributed by atoms with Gasteiger partial charge in [-0.3, -0.25) is 4.79 Å². The Labute approximate surface area is 74.3 Å². The van der Waals surface area contributed by atoms with Crippen molar-refractivity contribution in [2.75, 3.05) is 34.7 Å². The van der Waals surface area contributed by atoms with Gasteiger partial charge in [0.1, 0.15) is 0 Å². The Kier molecular flexibility index (Phi) is 2.42. The molecule has 1 saturated carbocycles. The first-order chi connectivity index (χ1) is 5.48. The van der Waals surface area contributed by atoms with Crippen LogP contribution in [0.25, 0.3) is 0 Å². The maximum Gasteiger partial charge on any atom is 0.229 e. The van der Waals surface area contributed by atoms with E-state index in [2.05, 4.69) is 4.90 Å². The molecule has 0 spiro atoms. The molecule has 70 valence electrons. The van der Waals surface area contributed by atoms with Gasteiger partial charge in [-0.2, -0.15) is 0 Å². The Morgan fingerprint density at radius 3 is 2.00 bits per heavy atom. The van der Waals surface area contributed by atoms with Crippen molar-refractivity contribution >= 4 is 5.91 Å². The summed E-state index contributed by atoms with van der Waals surface area (Å²) >= 11 is 0. The summed E-state index contributed by atoms with van der Waals surface area (Å²) in [5.41, 5.74) is -0.0347. The van der Waals surface area contributed by atoms with Crippen LogP contribution in [0.5, 0.6) is 0 Å². The fourth-order valence-corrected chi connectivity index (χ4v) is 1.67. The molecule has 1 fully saturated rings. The Morgan fingerprint density at radius 2 is 1.75 bits per heavy atom. The average Bonchev–Trinajstić information content (AvgIpc) is 2.66. The van der Waals surface area contributed by atoms with Crippen molar-refractivity contribution in [1.29, 1.82) is 0 Å². The SMILES string of the molecule is CN(C)CC1(C(=O)N(C)C)CC1. The third-order valence-electron chi connectivity index (χ3n) is 2.33. The second-order valence-corrected chi connectivity index (χ2v) is 4.22. The van der Waals surface area contributed by atoms with E-state index in [9.17, 15) is 4.79 Å². The third-order valence-corrected chi connectivity index (χ3v) is 2.33. The molecular formula is C9H18N2O. The zero-order valence-corrected chi connectivity index (χ0v) is 8.42. The van der Waals surface area contributed by atoms with E-state index in [1.165, 1.54) is 0 Å². The fourth-order valence-electron chi connectivity index (χ4n) is 1.67. The smallest absolute Gasteiger partial charge is 0.229 e. The highest BCUT2D eigenvalue weighted by atomic mass is 16.2. The van der Waals surface area contributed by atoms with E-state index in [1.807, 2.05) is 28.2 Å². The number of rotatable bonds is 3. The van der Waals surface area contributed by atoms with Gasteiger partial charge in [0.15, 0.2) is 0 Å². The van der Waals surface area contributed by atoms with Crippen LogP contribution in [0.1, 0.15) is 12.8 Å². The lowest BCUT2D eigenvalue weighted by Gasteiger charge is -2.22. The summed E-state index contributed by atoms with van der Waals surface area (Å²) in [5, 5.41) is 0. The highest BCUT2D eigenvalue weighted by Crippen LogP contribution is 2.47. The minimum Gasteiger partial charge on any atom is -0.348 e. The lowest BCUT2D eigenvalue weighted by atomic mass is 10.1. The summed E-state index contributed by atoms with van der Waals surface area (Å²) in [6.07, 6.45) is 2.12. The molecule has 1 aliphatic rings. The molecule has 1 aliphatic carbocycles. The third kappa shape index (κ3) is 1.78. The maximum atomic E-state index is 11.7. The second-order valence-electron chi connectivity index (χ2n) is 4.22.